The molecule has 200 valence electrons. The van der Waals surface area contributed by atoms with E-state index < -0.39 is 10.9 Å². The first kappa shape index (κ1) is 26.9. The first-order chi connectivity index (χ1) is 18.1. The van der Waals surface area contributed by atoms with Crippen LogP contribution in [0.15, 0.2) is 91.0 Å². The molecule has 2 aliphatic rings. The van der Waals surface area contributed by atoms with Gasteiger partial charge in [-0.3, -0.25) is 0 Å². The van der Waals surface area contributed by atoms with Gasteiger partial charge in [0.05, 0.1) is 0 Å². The molecule has 0 saturated carbocycles. The fraction of sp³-hybridized carbons (Fsp3) is 0.355. The second kappa shape index (κ2) is 10.1. The van der Waals surface area contributed by atoms with Crippen LogP contribution in [0.2, 0.25) is 0 Å². The van der Waals surface area contributed by atoms with E-state index in [0.29, 0.717) is 19.6 Å². The van der Waals surface area contributed by atoms with Gasteiger partial charge < -0.3 is 0 Å². The van der Waals surface area contributed by atoms with Crippen LogP contribution in [0.5, 0.6) is 0 Å². The molecule has 0 aromatic heterocycles. The van der Waals surface area contributed by atoms with Gasteiger partial charge in [-0.25, -0.2) is 0 Å². The van der Waals surface area contributed by atoms with Crippen LogP contribution >= 0.6 is 20.8 Å². The van der Waals surface area contributed by atoms with Gasteiger partial charge in [0.15, 0.2) is 0 Å². The fourth-order valence-electron chi connectivity index (χ4n) is 6.13. The van der Waals surface area contributed by atoms with Gasteiger partial charge in [0.2, 0.25) is 0 Å². The molecule has 3 aromatic carbocycles. The second-order valence-corrected chi connectivity index (χ2v) is 20.0. The van der Waals surface area contributed by atoms with Crippen LogP contribution in [-0.4, -0.2) is 58.7 Å². The van der Waals surface area contributed by atoms with Crippen LogP contribution in [0.25, 0.3) is 0 Å². The van der Waals surface area contributed by atoms with Crippen LogP contribution in [-0.2, 0) is 9.53 Å². The molecule has 2 fully saturated rings. The van der Waals surface area contributed by atoms with E-state index in [2.05, 4.69) is 88.3 Å². The summed E-state index contributed by atoms with van der Waals surface area (Å²) in [5, 5.41) is 0.0233. The van der Waals surface area contributed by atoms with Crippen molar-refractivity contribution in [1.29, 1.82) is 0 Å². The van der Waals surface area contributed by atoms with Crippen molar-refractivity contribution in [1.82, 2.24) is 9.80 Å². The number of amides is 2. The van der Waals surface area contributed by atoms with E-state index in [1.54, 1.807) is 4.90 Å². The molecule has 0 radical (unpaired) electrons. The van der Waals surface area contributed by atoms with E-state index >= 15 is 0 Å². The number of benzene rings is 3. The van der Waals surface area contributed by atoms with Gasteiger partial charge >= 0.3 is 234 Å². The predicted octanol–water partition coefficient (Wildman–Crippen LogP) is 5.44. The molecule has 2 saturated heterocycles. The van der Waals surface area contributed by atoms with Crippen LogP contribution in [0.1, 0.15) is 33.6 Å². The molecule has 3 aromatic rings. The van der Waals surface area contributed by atoms with E-state index in [1.165, 1.54) is 0 Å². The van der Waals surface area contributed by atoms with E-state index in [0.717, 1.165) is 28.8 Å². The number of carbonyl (C=O) groups is 2. The first-order valence-corrected chi connectivity index (χ1v) is 17.6. The molecule has 2 amide bonds. The molecule has 0 N–H and O–H groups in total. The molecule has 5 nitrogen and oxygen atoms in total. The summed E-state index contributed by atoms with van der Waals surface area (Å²) in [6.45, 7) is 7.41. The Hall–Kier alpha value is -2.69. The van der Waals surface area contributed by atoms with E-state index in [1.807, 2.05) is 43.9 Å². The molecule has 5 rings (SSSR count). The van der Waals surface area contributed by atoms with Crippen molar-refractivity contribution < 1.29 is 14.3 Å². The molecule has 38 heavy (non-hydrogen) atoms. The number of rotatable bonds is 5. The van der Waals surface area contributed by atoms with Crippen LogP contribution < -0.4 is 15.9 Å². The van der Waals surface area contributed by atoms with Crippen molar-refractivity contribution in [3.8, 4) is 0 Å². The zero-order chi connectivity index (χ0) is 27.0. The molecular weight excluding hydrogens is 559 g/mol. The van der Waals surface area contributed by atoms with Crippen LogP contribution in [0.3, 0.4) is 0 Å². The van der Waals surface area contributed by atoms with Crippen molar-refractivity contribution in [3.63, 3.8) is 0 Å². The van der Waals surface area contributed by atoms with Crippen molar-refractivity contribution in [3.05, 3.63) is 91.0 Å². The number of hydrogen-bond donors (Lipinski definition) is 0. The van der Waals surface area contributed by atoms with Crippen molar-refractivity contribution in [2.75, 3.05) is 19.6 Å². The molecule has 1 unspecified atom stereocenters. The number of likely N-dealkylation sites (tertiary alicyclic amines) is 2. The Balaban J connectivity index is 1.56. The quantitative estimate of drug-likeness (QED) is 0.370. The number of halogens is 1. The van der Waals surface area contributed by atoms with Gasteiger partial charge in [-0.15, -0.1) is 0 Å². The number of hydrogen-bond acceptors (Lipinski definition) is 3. The third-order valence-corrected chi connectivity index (χ3v) is 18.6. The van der Waals surface area contributed by atoms with Crippen LogP contribution in [0, 0.1) is 0 Å². The summed E-state index contributed by atoms with van der Waals surface area (Å²) in [5.41, 5.74) is -0.804. The average molecular weight is 596 g/mol. The predicted molar refractivity (Wildman–Crippen MR) is 160 cm³/mol. The zero-order valence-corrected chi connectivity index (χ0v) is 24.8. The molecule has 0 bridgehead atoms. The third-order valence-electron chi connectivity index (χ3n) is 7.84. The molecular formula is C31H36BrN2O3P. The van der Waals surface area contributed by atoms with E-state index in [4.69, 9.17) is 4.74 Å². The van der Waals surface area contributed by atoms with Crippen molar-refractivity contribution >= 4 is 48.7 Å². The molecule has 0 aliphatic carbocycles. The molecule has 2 aliphatic heterocycles. The van der Waals surface area contributed by atoms with Crippen molar-refractivity contribution in [2.45, 2.75) is 50.9 Å². The Bertz CT molecular complexity index is 1200. The Morgan fingerprint density at radius 1 is 0.816 bits per heavy atom. The summed E-state index contributed by atoms with van der Waals surface area (Å²) >= 11 is 4.49. The Labute approximate surface area is 233 Å². The van der Waals surface area contributed by atoms with Gasteiger partial charge in [-0.2, -0.15) is 0 Å². The molecule has 7 heteroatoms. The third kappa shape index (κ3) is 4.46. The summed E-state index contributed by atoms with van der Waals surface area (Å²) in [6.07, 6.45) is 1.20. The van der Waals surface area contributed by atoms with Crippen molar-refractivity contribution in [2.24, 2.45) is 0 Å². The van der Waals surface area contributed by atoms with E-state index in [9.17, 15) is 9.59 Å². The Morgan fingerprint density at radius 3 is 1.74 bits per heavy atom. The Morgan fingerprint density at radius 2 is 1.29 bits per heavy atom. The molecule has 0 spiro atoms. The minimum atomic E-state index is -3.43. The monoisotopic (exact) mass is 594 g/mol. The average Bonchev–Trinajstić information content (AvgIpc) is 3.56. The number of ether oxygens (including phenoxy) is 1. The number of carbonyl (C=O) groups excluding carboxylic acids is 2. The topological polar surface area (TPSA) is 49.9 Å². The minimum absolute atomic E-state index is 0.0105. The normalized spacial score (nSPS) is 21.3. The van der Waals surface area contributed by atoms with E-state index in [-0.39, 0.29) is 23.7 Å². The van der Waals surface area contributed by atoms with Gasteiger partial charge in [-0.1, -0.05) is 0 Å². The molecule has 2 atom stereocenters. The standard InChI is InChI=1S/C31H36BrN2O3P/c1-31(2,3)37-30(36)33-21-19-24(23-33)34-22-20-28(29(34)35)38(32,25-13-7-4-8-14-25,26-15-9-5-10-16-26)27-17-11-6-12-18-27/h4-18,24,28H,19-23H2,1-3H3/t24-,28?/m0/s1. The summed E-state index contributed by atoms with van der Waals surface area (Å²) < 4.78 is 5.61. The summed E-state index contributed by atoms with van der Waals surface area (Å²) in [6, 6.07) is 31.5. The maximum absolute atomic E-state index is 14.6. The SMILES string of the molecule is CC(C)(C)OC(=O)N1CC[C@H](N2CCC(P(Br)(c3ccccc3)(c3ccccc3)c3ccccc3)C2=O)C1. The molecule has 2 heterocycles. The Kier molecular flexibility index (Phi) is 7.17. The first-order valence-electron chi connectivity index (χ1n) is 13.3. The van der Waals surface area contributed by atoms with Crippen LogP contribution in [0.4, 0.5) is 4.79 Å². The summed E-state index contributed by atoms with van der Waals surface area (Å²) in [5.74, 6) is 0.159. The van der Waals surface area contributed by atoms with Gasteiger partial charge in [0.1, 0.15) is 0 Å². The summed E-state index contributed by atoms with van der Waals surface area (Å²) in [4.78, 5) is 31.1. The second-order valence-electron chi connectivity index (χ2n) is 11.3. The fourth-order valence-corrected chi connectivity index (χ4v) is 14.8. The number of nitrogens with zero attached hydrogens (tertiary/aromatic N) is 2. The van der Waals surface area contributed by atoms with Gasteiger partial charge in [-0.05, 0) is 0 Å². The maximum atomic E-state index is 14.6. The van der Waals surface area contributed by atoms with Gasteiger partial charge in [0, 0.05) is 0 Å². The zero-order valence-electron chi connectivity index (χ0n) is 22.3. The summed E-state index contributed by atoms with van der Waals surface area (Å²) in [7, 11) is 0. The van der Waals surface area contributed by atoms with Gasteiger partial charge in [0.25, 0.3) is 0 Å².